The van der Waals surface area contributed by atoms with Crippen LogP contribution in [0, 0.1) is 0 Å². The number of aromatic nitrogens is 1. The van der Waals surface area contributed by atoms with Gasteiger partial charge in [-0.05, 0) is 35.7 Å². The first-order valence-corrected chi connectivity index (χ1v) is 11.1. The third-order valence-electron chi connectivity index (χ3n) is 6.26. The lowest BCUT2D eigenvalue weighted by Crippen LogP contribution is -2.52. The third kappa shape index (κ3) is 4.03. The van der Waals surface area contributed by atoms with Crippen molar-refractivity contribution in [2.24, 2.45) is 5.73 Å². The van der Waals surface area contributed by atoms with Gasteiger partial charge in [0.2, 0.25) is 5.91 Å². The Morgan fingerprint density at radius 1 is 0.971 bits per heavy atom. The molecule has 0 aliphatic carbocycles. The number of anilines is 1. The highest BCUT2D eigenvalue weighted by Crippen LogP contribution is 2.35. The van der Waals surface area contributed by atoms with Gasteiger partial charge in [-0.15, -0.1) is 0 Å². The summed E-state index contributed by atoms with van der Waals surface area (Å²) in [7, 11) is 0. The van der Waals surface area contributed by atoms with Crippen LogP contribution in [0.5, 0.6) is 0 Å². The Hall–Kier alpha value is -4.39. The van der Waals surface area contributed by atoms with Gasteiger partial charge in [-0.25, -0.2) is 0 Å². The molecule has 7 nitrogen and oxygen atoms in total. The maximum Gasteiger partial charge on any atom is 0.268 e. The molecule has 170 valence electrons. The predicted molar refractivity (Wildman–Crippen MR) is 130 cm³/mol. The molecule has 4 aromatic rings. The van der Waals surface area contributed by atoms with Crippen LogP contribution in [0.25, 0.3) is 10.9 Å². The molecule has 1 aromatic heterocycles. The number of hydrogen-bond donors (Lipinski definition) is 3. The van der Waals surface area contributed by atoms with Crippen molar-refractivity contribution in [3.8, 4) is 0 Å². The summed E-state index contributed by atoms with van der Waals surface area (Å²) in [6, 6.07) is 25.6. The van der Waals surface area contributed by atoms with Crippen LogP contribution in [0.2, 0.25) is 0 Å². The van der Waals surface area contributed by atoms with Crippen molar-refractivity contribution in [3.05, 3.63) is 102 Å². The number of amides is 3. The first kappa shape index (κ1) is 21.5. The van der Waals surface area contributed by atoms with Crippen molar-refractivity contribution in [3.63, 3.8) is 0 Å². The van der Waals surface area contributed by atoms with Crippen LogP contribution in [0.1, 0.15) is 27.5 Å². The molecule has 3 aromatic carbocycles. The Bertz CT molecular complexity index is 1350. The van der Waals surface area contributed by atoms with Crippen LogP contribution in [-0.2, 0) is 16.0 Å². The summed E-state index contributed by atoms with van der Waals surface area (Å²) in [5.41, 5.74) is 9.16. The molecule has 0 bridgehead atoms. The average Bonchev–Trinajstić information content (AvgIpc) is 3.25. The van der Waals surface area contributed by atoms with E-state index in [1.54, 1.807) is 12.1 Å². The largest absolute Gasteiger partial charge is 0.368 e. The number of aromatic amines is 1. The molecule has 0 fully saturated rings. The van der Waals surface area contributed by atoms with Gasteiger partial charge in [0.25, 0.3) is 11.8 Å². The molecule has 4 N–H and O–H groups in total. The standard InChI is InChI=1S/C27H24N4O3/c28-24(32)16-31-23-13-7-5-11-19(23)14-20(17-8-2-1-3-9-17)25(27(31)34)30-26(33)22-15-18-10-4-6-12-21(18)29-22/h1-13,15,20,25,29H,14,16H2,(H2,28,32)(H,30,33)/t20-,25-/m1/s1. The van der Waals surface area contributed by atoms with Gasteiger partial charge in [-0.1, -0.05) is 66.7 Å². The van der Waals surface area contributed by atoms with Crippen molar-refractivity contribution in [2.75, 3.05) is 11.4 Å². The van der Waals surface area contributed by atoms with E-state index in [1.807, 2.05) is 72.8 Å². The van der Waals surface area contributed by atoms with Crippen LogP contribution in [-0.4, -0.2) is 35.3 Å². The molecule has 34 heavy (non-hydrogen) atoms. The van der Waals surface area contributed by atoms with E-state index in [4.69, 9.17) is 5.73 Å². The van der Waals surface area contributed by atoms with Gasteiger partial charge < -0.3 is 20.9 Å². The van der Waals surface area contributed by atoms with E-state index in [0.29, 0.717) is 17.8 Å². The van der Waals surface area contributed by atoms with Gasteiger partial charge in [0.05, 0.1) is 0 Å². The Labute approximate surface area is 196 Å². The summed E-state index contributed by atoms with van der Waals surface area (Å²) >= 11 is 0. The number of fused-ring (bicyclic) bond motifs is 2. The van der Waals surface area contributed by atoms with Crippen molar-refractivity contribution in [2.45, 2.75) is 18.4 Å². The summed E-state index contributed by atoms with van der Waals surface area (Å²) in [6.45, 7) is -0.268. The molecule has 0 saturated heterocycles. The molecule has 1 aliphatic rings. The van der Waals surface area contributed by atoms with E-state index in [1.165, 1.54) is 4.90 Å². The number of carbonyl (C=O) groups excluding carboxylic acids is 3. The maximum absolute atomic E-state index is 13.9. The topological polar surface area (TPSA) is 108 Å². The van der Waals surface area contributed by atoms with E-state index in [-0.39, 0.29) is 24.3 Å². The summed E-state index contributed by atoms with van der Waals surface area (Å²) < 4.78 is 0. The van der Waals surface area contributed by atoms with Crippen molar-refractivity contribution < 1.29 is 14.4 Å². The molecule has 3 amide bonds. The van der Waals surface area contributed by atoms with Crippen molar-refractivity contribution in [1.82, 2.24) is 10.3 Å². The van der Waals surface area contributed by atoms with Crippen LogP contribution in [0.15, 0.2) is 84.9 Å². The molecular weight excluding hydrogens is 428 g/mol. The number of para-hydroxylation sites is 2. The minimum Gasteiger partial charge on any atom is -0.368 e. The highest BCUT2D eigenvalue weighted by Gasteiger charge is 2.39. The zero-order valence-corrected chi connectivity index (χ0v) is 18.4. The molecule has 5 rings (SSSR count). The van der Waals surface area contributed by atoms with E-state index in [9.17, 15) is 14.4 Å². The number of carbonyl (C=O) groups is 3. The molecule has 7 heteroatoms. The fraction of sp³-hybridized carbons (Fsp3) is 0.148. The molecule has 0 saturated carbocycles. The van der Waals surface area contributed by atoms with E-state index >= 15 is 0 Å². The quantitative estimate of drug-likeness (QED) is 0.433. The summed E-state index contributed by atoms with van der Waals surface area (Å²) in [4.78, 5) is 43.6. The molecule has 1 aliphatic heterocycles. The number of primary amides is 1. The normalized spacial score (nSPS) is 17.8. The second-order valence-electron chi connectivity index (χ2n) is 8.46. The van der Waals surface area contributed by atoms with Crippen LogP contribution < -0.4 is 16.0 Å². The number of benzene rings is 3. The first-order chi connectivity index (χ1) is 16.5. The number of nitrogens with one attached hydrogen (secondary N) is 2. The van der Waals surface area contributed by atoms with Crippen LogP contribution >= 0.6 is 0 Å². The lowest BCUT2D eigenvalue weighted by Gasteiger charge is -2.28. The van der Waals surface area contributed by atoms with Gasteiger partial charge in [0.1, 0.15) is 18.3 Å². The first-order valence-electron chi connectivity index (χ1n) is 11.1. The van der Waals surface area contributed by atoms with Crippen molar-refractivity contribution >= 4 is 34.3 Å². The number of rotatable bonds is 5. The Balaban J connectivity index is 1.57. The van der Waals surface area contributed by atoms with Gasteiger partial charge in [0, 0.05) is 22.5 Å². The number of nitrogens with zero attached hydrogens (tertiary/aromatic N) is 1. The van der Waals surface area contributed by atoms with Crippen molar-refractivity contribution in [1.29, 1.82) is 0 Å². The minimum absolute atomic E-state index is 0.268. The number of hydrogen-bond acceptors (Lipinski definition) is 3. The Morgan fingerprint density at radius 2 is 1.68 bits per heavy atom. The maximum atomic E-state index is 13.9. The molecule has 2 heterocycles. The van der Waals surface area contributed by atoms with Gasteiger partial charge >= 0.3 is 0 Å². The molecule has 0 radical (unpaired) electrons. The number of H-pyrrole nitrogens is 1. The predicted octanol–water partition coefficient (Wildman–Crippen LogP) is 3.12. The SMILES string of the molecule is NC(=O)CN1C(=O)[C@H](NC(=O)c2cc3ccccc3[nH]2)[C@@H](c2ccccc2)Cc2ccccc21. The molecule has 2 atom stereocenters. The molecule has 0 spiro atoms. The summed E-state index contributed by atoms with van der Waals surface area (Å²) in [6.07, 6.45) is 0.513. The van der Waals surface area contributed by atoms with Gasteiger partial charge in [-0.2, -0.15) is 0 Å². The fourth-order valence-corrected chi connectivity index (χ4v) is 4.67. The average molecular weight is 453 g/mol. The summed E-state index contributed by atoms with van der Waals surface area (Å²) in [5.74, 6) is -1.72. The fourth-order valence-electron chi connectivity index (χ4n) is 4.67. The zero-order chi connectivity index (χ0) is 23.7. The van der Waals surface area contributed by atoms with E-state index in [0.717, 1.165) is 22.0 Å². The summed E-state index contributed by atoms with van der Waals surface area (Å²) in [5, 5.41) is 3.86. The third-order valence-corrected chi connectivity index (χ3v) is 6.26. The number of nitrogens with two attached hydrogens (primary N) is 1. The second kappa shape index (κ2) is 8.86. The lowest BCUT2D eigenvalue weighted by atomic mass is 9.86. The Kier molecular flexibility index (Phi) is 5.59. The van der Waals surface area contributed by atoms with E-state index < -0.39 is 11.9 Å². The Morgan fingerprint density at radius 3 is 2.44 bits per heavy atom. The van der Waals surface area contributed by atoms with Gasteiger partial charge in [0.15, 0.2) is 0 Å². The molecular formula is C27H24N4O3. The van der Waals surface area contributed by atoms with Gasteiger partial charge in [-0.3, -0.25) is 14.4 Å². The van der Waals surface area contributed by atoms with Crippen LogP contribution in [0.4, 0.5) is 5.69 Å². The highest BCUT2D eigenvalue weighted by atomic mass is 16.2. The monoisotopic (exact) mass is 452 g/mol. The van der Waals surface area contributed by atoms with E-state index in [2.05, 4.69) is 10.3 Å². The second-order valence-corrected chi connectivity index (χ2v) is 8.46. The minimum atomic E-state index is -0.895. The zero-order valence-electron chi connectivity index (χ0n) is 18.4. The van der Waals surface area contributed by atoms with Crippen LogP contribution in [0.3, 0.4) is 0 Å². The smallest absolute Gasteiger partial charge is 0.268 e. The highest BCUT2D eigenvalue weighted by molar-refractivity contribution is 6.06. The lowest BCUT2D eigenvalue weighted by molar-refractivity contribution is -0.123. The molecule has 0 unspecified atom stereocenters.